The van der Waals surface area contributed by atoms with Crippen LogP contribution in [0, 0.1) is 6.61 Å². The van der Waals surface area contributed by atoms with Crippen molar-refractivity contribution in [3.8, 4) is 0 Å². The van der Waals surface area contributed by atoms with Crippen molar-refractivity contribution in [2.24, 2.45) is 0 Å². The molecular weight excluding hydrogens is 152 g/mol. The predicted molar refractivity (Wildman–Crippen MR) is 53.2 cm³/mol. The molecule has 0 atom stereocenters. The van der Waals surface area contributed by atoms with Gasteiger partial charge < -0.3 is 4.43 Å². The number of hydrogen-bond donors (Lipinski definition) is 0. The second kappa shape index (κ2) is 10.2. The molecule has 0 fully saturated rings. The van der Waals surface area contributed by atoms with Gasteiger partial charge in [0.2, 0.25) is 0 Å². The van der Waals surface area contributed by atoms with Crippen molar-refractivity contribution >= 4 is 9.76 Å². The lowest BCUT2D eigenvalue weighted by molar-refractivity contribution is 0.407. The molecule has 67 valence electrons. The minimum Gasteiger partial charge on any atom is -0.419 e. The van der Waals surface area contributed by atoms with Gasteiger partial charge in [-0.3, -0.25) is 0 Å². The molecule has 0 aromatic carbocycles. The van der Waals surface area contributed by atoms with Crippen LogP contribution in [0.15, 0.2) is 0 Å². The van der Waals surface area contributed by atoms with Crippen LogP contribution in [-0.4, -0.2) is 9.76 Å². The molecule has 0 rings (SSSR count). The zero-order chi connectivity index (χ0) is 8.36. The van der Waals surface area contributed by atoms with Crippen LogP contribution in [0.1, 0.15) is 45.4 Å². The molecule has 0 heterocycles. The van der Waals surface area contributed by atoms with Gasteiger partial charge in [0.05, 0.1) is 6.61 Å². The average Bonchev–Trinajstić information content (AvgIpc) is 2.03. The summed E-state index contributed by atoms with van der Waals surface area (Å²) in [5.41, 5.74) is 0. The van der Waals surface area contributed by atoms with Crippen molar-refractivity contribution in [2.75, 3.05) is 0 Å². The van der Waals surface area contributed by atoms with Crippen LogP contribution >= 0.6 is 0 Å². The molecule has 0 N–H and O–H groups in total. The molecule has 0 saturated heterocycles. The van der Waals surface area contributed by atoms with E-state index < -0.39 is 0 Å². The minimum absolute atomic E-state index is 0.185. The molecule has 0 unspecified atom stereocenters. The minimum atomic E-state index is -0.185. The fourth-order valence-electron chi connectivity index (χ4n) is 1.03. The van der Waals surface area contributed by atoms with E-state index in [1.807, 2.05) is 6.61 Å². The first-order chi connectivity index (χ1) is 5.41. The Hall–Kier alpha value is 0.177. The van der Waals surface area contributed by atoms with Gasteiger partial charge in [-0.25, -0.2) is 0 Å². The van der Waals surface area contributed by atoms with Crippen LogP contribution in [0.2, 0.25) is 6.55 Å². The van der Waals surface area contributed by atoms with Crippen LogP contribution in [0.4, 0.5) is 0 Å². The summed E-state index contributed by atoms with van der Waals surface area (Å²) in [6, 6.07) is 0. The molecule has 0 spiro atoms. The first kappa shape index (κ1) is 11.2. The molecule has 1 nitrogen and oxygen atoms in total. The summed E-state index contributed by atoms with van der Waals surface area (Å²) in [5, 5.41) is 0. The highest BCUT2D eigenvalue weighted by atomic mass is 28.2. The van der Waals surface area contributed by atoms with Gasteiger partial charge in [0.25, 0.3) is 0 Å². The van der Waals surface area contributed by atoms with E-state index >= 15 is 0 Å². The largest absolute Gasteiger partial charge is 0.419 e. The van der Waals surface area contributed by atoms with Crippen LogP contribution < -0.4 is 0 Å². The Labute approximate surface area is 73.5 Å². The summed E-state index contributed by atoms with van der Waals surface area (Å²) < 4.78 is 5.25. The summed E-state index contributed by atoms with van der Waals surface area (Å²) in [6.45, 7) is 6.41. The maximum Gasteiger partial charge on any atom is 0.159 e. The first-order valence-corrected chi connectivity index (χ1v) is 6.84. The number of rotatable bonds is 8. The molecule has 0 aliphatic heterocycles. The van der Waals surface area contributed by atoms with Crippen molar-refractivity contribution in [3.63, 3.8) is 0 Å². The Morgan fingerprint density at radius 2 is 1.91 bits per heavy atom. The number of hydrogen-bond acceptors (Lipinski definition) is 1. The van der Waals surface area contributed by atoms with E-state index in [0.717, 1.165) is 6.42 Å². The zero-order valence-electron chi connectivity index (χ0n) is 7.94. The van der Waals surface area contributed by atoms with Gasteiger partial charge in [-0.1, -0.05) is 45.6 Å². The Kier molecular flexibility index (Phi) is 10.3. The first-order valence-electron chi connectivity index (χ1n) is 4.85. The normalized spacial score (nSPS) is 11.5. The second-order valence-electron chi connectivity index (χ2n) is 2.82. The third kappa shape index (κ3) is 10.2. The highest BCUT2D eigenvalue weighted by Gasteiger charge is 1.89. The Bertz CT molecular complexity index is 58.6. The predicted octanol–water partition coefficient (Wildman–Crippen LogP) is 2.66. The zero-order valence-corrected chi connectivity index (χ0v) is 9.35. The topological polar surface area (TPSA) is 9.23 Å². The van der Waals surface area contributed by atoms with Crippen LogP contribution in [0.25, 0.3) is 0 Å². The third-order valence-corrected chi connectivity index (χ3v) is 2.28. The molecule has 0 bridgehead atoms. The summed E-state index contributed by atoms with van der Waals surface area (Å²) >= 11 is 0. The summed E-state index contributed by atoms with van der Waals surface area (Å²) in [4.78, 5) is 0. The smallest absolute Gasteiger partial charge is 0.159 e. The van der Waals surface area contributed by atoms with Crippen molar-refractivity contribution in [3.05, 3.63) is 6.61 Å². The van der Waals surface area contributed by atoms with E-state index in [-0.39, 0.29) is 9.76 Å². The Morgan fingerprint density at radius 3 is 2.55 bits per heavy atom. The molecule has 11 heavy (non-hydrogen) atoms. The van der Waals surface area contributed by atoms with Gasteiger partial charge >= 0.3 is 0 Å². The number of unbranched alkanes of at least 4 members (excludes halogenated alkanes) is 5. The Balaban J connectivity index is 2.69. The van der Waals surface area contributed by atoms with E-state index in [1.165, 1.54) is 32.1 Å². The third-order valence-electron chi connectivity index (χ3n) is 1.71. The van der Waals surface area contributed by atoms with E-state index in [9.17, 15) is 0 Å². The molecule has 0 aromatic heterocycles. The van der Waals surface area contributed by atoms with E-state index in [1.54, 1.807) is 0 Å². The summed E-state index contributed by atoms with van der Waals surface area (Å²) in [6.07, 6.45) is 7.97. The second-order valence-corrected chi connectivity index (χ2v) is 3.74. The fraction of sp³-hybridized carbons (Fsp3) is 0.889. The maximum absolute atomic E-state index is 5.25. The van der Waals surface area contributed by atoms with Gasteiger partial charge in [-0.2, -0.15) is 0 Å². The SMILES string of the molecule is CCCCCCC[CH]O[SiH2]C. The lowest BCUT2D eigenvalue weighted by atomic mass is 10.1. The quantitative estimate of drug-likeness (QED) is 0.405. The van der Waals surface area contributed by atoms with Crippen molar-refractivity contribution in [2.45, 2.75) is 52.0 Å². The molecule has 0 aliphatic rings. The molecule has 1 radical (unpaired) electrons. The van der Waals surface area contributed by atoms with Gasteiger partial charge in [0.15, 0.2) is 9.76 Å². The molecule has 0 saturated carbocycles. The molecule has 0 aliphatic carbocycles. The van der Waals surface area contributed by atoms with E-state index in [4.69, 9.17) is 4.43 Å². The van der Waals surface area contributed by atoms with Crippen LogP contribution in [-0.2, 0) is 4.43 Å². The molecular formula is C9H21OSi. The van der Waals surface area contributed by atoms with Gasteiger partial charge in [-0.05, 0) is 6.42 Å². The summed E-state index contributed by atoms with van der Waals surface area (Å²) in [5.74, 6) is 0. The fourth-order valence-corrected chi connectivity index (χ4v) is 1.43. The highest BCUT2D eigenvalue weighted by Crippen LogP contribution is 2.06. The van der Waals surface area contributed by atoms with Crippen molar-refractivity contribution in [1.82, 2.24) is 0 Å². The average molecular weight is 173 g/mol. The highest BCUT2D eigenvalue weighted by molar-refractivity contribution is 6.24. The maximum atomic E-state index is 5.25. The van der Waals surface area contributed by atoms with E-state index in [2.05, 4.69) is 13.5 Å². The van der Waals surface area contributed by atoms with Gasteiger partial charge in [0.1, 0.15) is 0 Å². The summed E-state index contributed by atoms with van der Waals surface area (Å²) in [7, 11) is -0.185. The monoisotopic (exact) mass is 173 g/mol. The van der Waals surface area contributed by atoms with Crippen LogP contribution in [0.3, 0.4) is 0 Å². The molecule has 0 aromatic rings. The standard InChI is InChI=1S/C9H21OSi/c1-3-4-5-6-7-8-9-10-11-2/h9H,3-8,11H2,1-2H3. The Morgan fingerprint density at radius 1 is 1.18 bits per heavy atom. The van der Waals surface area contributed by atoms with Crippen molar-refractivity contribution in [1.29, 1.82) is 0 Å². The lowest BCUT2D eigenvalue weighted by Gasteiger charge is -1.99. The molecule has 2 heteroatoms. The van der Waals surface area contributed by atoms with Gasteiger partial charge in [-0.15, -0.1) is 0 Å². The van der Waals surface area contributed by atoms with Crippen molar-refractivity contribution < 1.29 is 4.43 Å². The molecule has 0 amide bonds. The van der Waals surface area contributed by atoms with Crippen LogP contribution in [0.5, 0.6) is 0 Å². The van der Waals surface area contributed by atoms with E-state index in [0.29, 0.717) is 0 Å². The van der Waals surface area contributed by atoms with Gasteiger partial charge in [0, 0.05) is 0 Å². The lowest BCUT2D eigenvalue weighted by Crippen LogP contribution is -1.89.